The molecule has 0 atom stereocenters. The third-order valence-electron chi connectivity index (χ3n) is 6.60. The molecule has 2 aromatic carbocycles. The minimum atomic E-state index is 0. The molecule has 5 nitrogen and oxygen atoms in total. The predicted molar refractivity (Wildman–Crippen MR) is 139 cm³/mol. The topological polar surface area (TPSA) is 36.4 Å². The van der Waals surface area contributed by atoms with Gasteiger partial charge in [0.25, 0.3) is 0 Å². The predicted octanol–water partition coefficient (Wildman–Crippen LogP) is 2.53. The van der Waals surface area contributed by atoms with E-state index in [-0.39, 0.29) is 24.0 Å². The van der Waals surface area contributed by atoms with Gasteiger partial charge in [-0.15, -0.1) is 0 Å². The summed E-state index contributed by atoms with van der Waals surface area (Å²) in [6.07, 6.45) is 6.26. The molecule has 0 bridgehead atoms. The Morgan fingerprint density at radius 1 is 1.00 bits per heavy atom. The van der Waals surface area contributed by atoms with Crippen LogP contribution in [0.5, 0.6) is 0 Å². The molecule has 0 saturated heterocycles. The number of hydrogen-bond acceptors (Lipinski definition) is 4. The molecule has 6 heteroatoms. The molecular formula is C29H31IN4O. The number of allylic oxidation sites excluding steroid dienone is 2. The van der Waals surface area contributed by atoms with Crippen LogP contribution < -0.4 is 33.4 Å². The smallest absolute Gasteiger partial charge is 0.370 e. The lowest BCUT2D eigenvalue weighted by Crippen LogP contribution is -3.00. The highest BCUT2D eigenvalue weighted by Gasteiger charge is 2.23. The molecule has 0 spiro atoms. The van der Waals surface area contributed by atoms with Crippen molar-refractivity contribution in [2.75, 3.05) is 25.0 Å². The Hall–Kier alpha value is -2.97. The molecule has 0 amide bonds. The first-order chi connectivity index (χ1) is 16.6. The zero-order valence-electron chi connectivity index (χ0n) is 20.7. The molecule has 1 aliphatic heterocycles. The van der Waals surface area contributed by atoms with E-state index in [1.807, 2.05) is 36.0 Å². The zero-order chi connectivity index (χ0) is 23.7. The van der Waals surface area contributed by atoms with Gasteiger partial charge in [0.15, 0.2) is 0 Å². The third-order valence-corrected chi connectivity index (χ3v) is 6.60. The Bertz CT molecular complexity index is 1380. The molecule has 0 radical (unpaired) electrons. The molecule has 0 fully saturated rings. The molecule has 1 aliphatic rings. The molecule has 0 N–H and O–H groups in total. The fourth-order valence-corrected chi connectivity index (χ4v) is 4.57. The number of benzene rings is 2. The minimum Gasteiger partial charge on any atom is -1.00 e. The molecule has 35 heavy (non-hydrogen) atoms. The highest BCUT2D eigenvalue weighted by Crippen LogP contribution is 2.39. The monoisotopic (exact) mass is 578 g/mol. The number of hydrogen-bond donors (Lipinski definition) is 0. The fourth-order valence-electron chi connectivity index (χ4n) is 4.57. The standard InChI is InChI=1S/C29H31N4O.HI/c1-5-33(6-2)20-21-13-15-22(16-14-21)26-18-23(24-10-7-8-11-25(24)32(26)4)19-28-30-29-27(34-28)12-9-17-31(29)3;/h7-19H,5-6,20H2,1-4H3;1H/q+1;/p-1. The van der Waals surface area contributed by atoms with Crippen LogP contribution in [0.2, 0.25) is 0 Å². The molecule has 2 aromatic heterocycles. The maximum atomic E-state index is 6.05. The van der Waals surface area contributed by atoms with Crippen molar-refractivity contribution >= 4 is 34.3 Å². The molecule has 180 valence electrons. The van der Waals surface area contributed by atoms with Gasteiger partial charge in [-0.05, 0) is 54.1 Å². The van der Waals surface area contributed by atoms with Gasteiger partial charge < -0.3 is 33.3 Å². The molecule has 3 heterocycles. The van der Waals surface area contributed by atoms with E-state index < -0.39 is 0 Å². The van der Waals surface area contributed by atoms with E-state index in [2.05, 4.69) is 85.3 Å². The van der Waals surface area contributed by atoms with E-state index in [1.54, 1.807) is 0 Å². The van der Waals surface area contributed by atoms with Crippen molar-refractivity contribution in [2.24, 2.45) is 7.05 Å². The van der Waals surface area contributed by atoms with Gasteiger partial charge in [0.05, 0.1) is 13.2 Å². The summed E-state index contributed by atoms with van der Waals surface area (Å²) in [7, 11) is 4.11. The van der Waals surface area contributed by atoms with E-state index >= 15 is 0 Å². The van der Waals surface area contributed by atoms with Crippen LogP contribution in [0.1, 0.15) is 36.4 Å². The maximum absolute atomic E-state index is 6.05. The first kappa shape index (κ1) is 25.1. The van der Waals surface area contributed by atoms with Crippen molar-refractivity contribution in [1.29, 1.82) is 0 Å². The lowest BCUT2D eigenvalue weighted by Gasteiger charge is -2.30. The second-order valence-electron chi connectivity index (χ2n) is 8.72. The summed E-state index contributed by atoms with van der Waals surface area (Å²) in [4.78, 5) is 9.41. The average Bonchev–Trinajstić information content (AvgIpc) is 3.29. The lowest BCUT2D eigenvalue weighted by molar-refractivity contribution is -0.646. The third kappa shape index (κ3) is 5.04. The van der Waals surface area contributed by atoms with Crippen LogP contribution in [0.4, 0.5) is 5.69 Å². The van der Waals surface area contributed by atoms with Crippen LogP contribution in [-0.4, -0.2) is 30.0 Å². The number of pyridine rings is 1. The summed E-state index contributed by atoms with van der Waals surface area (Å²) in [5.74, 6) is 0.608. The zero-order valence-corrected chi connectivity index (χ0v) is 22.9. The Labute approximate surface area is 224 Å². The highest BCUT2D eigenvalue weighted by molar-refractivity contribution is 6.02. The fraction of sp³-hybridized carbons (Fsp3) is 0.241. The summed E-state index contributed by atoms with van der Waals surface area (Å²) in [6.45, 7) is 7.52. The Kier molecular flexibility index (Phi) is 7.72. The average molecular weight is 578 g/mol. The van der Waals surface area contributed by atoms with Crippen LogP contribution in [0.3, 0.4) is 0 Å². The van der Waals surface area contributed by atoms with E-state index in [4.69, 9.17) is 9.40 Å². The summed E-state index contributed by atoms with van der Waals surface area (Å²) in [5, 5.41) is 0. The molecule has 0 saturated carbocycles. The van der Waals surface area contributed by atoms with Gasteiger partial charge in [0.2, 0.25) is 5.58 Å². The molecule has 4 aromatic rings. The summed E-state index contributed by atoms with van der Waals surface area (Å²) in [5.41, 5.74) is 8.72. The van der Waals surface area contributed by atoms with E-state index in [1.165, 1.54) is 22.4 Å². The summed E-state index contributed by atoms with van der Waals surface area (Å²) < 4.78 is 8.03. The first-order valence-electron chi connectivity index (χ1n) is 11.9. The van der Waals surface area contributed by atoms with Gasteiger partial charge in [0, 0.05) is 41.6 Å². The number of rotatable bonds is 6. The van der Waals surface area contributed by atoms with Crippen LogP contribution in [0.25, 0.3) is 28.6 Å². The van der Waals surface area contributed by atoms with Crippen molar-refractivity contribution in [3.63, 3.8) is 0 Å². The van der Waals surface area contributed by atoms with E-state index in [0.717, 1.165) is 42.1 Å². The number of aryl methyl sites for hydroxylation is 1. The van der Waals surface area contributed by atoms with Gasteiger partial charge >= 0.3 is 11.5 Å². The summed E-state index contributed by atoms with van der Waals surface area (Å²) in [6, 6.07) is 21.3. The normalized spacial score (nSPS) is 14.3. The Morgan fingerprint density at radius 3 is 2.46 bits per heavy atom. The van der Waals surface area contributed by atoms with Crippen molar-refractivity contribution in [3.05, 3.63) is 95.5 Å². The van der Waals surface area contributed by atoms with E-state index in [9.17, 15) is 0 Å². The first-order valence-corrected chi connectivity index (χ1v) is 11.9. The van der Waals surface area contributed by atoms with Gasteiger partial charge in [-0.3, -0.25) is 4.90 Å². The van der Waals surface area contributed by atoms with Crippen LogP contribution in [-0.2, 0) is 13.6 Å². The number of fused-ring (bicyclic) bond motifs is 2. The van der Waals surface area contributed by atoms with Gasteiger partial charge in [-0.1, -0.05) is 56.3 Å². The summed E-state index contributed by atoms with van der Waals surface area (Å²) >= 11 is 0. The number of oxazole rings is 1. The minimum absolute atomic E-state index is 0. The second-order valence-corrected chi connectivity index (χ2v) is 8.72. The van der Waals surface area contributed by atoms with Crippen molar-refractivity contribution in [1.82, 2.24) is 9.88 Å². The molecule has 5 rings (SSSR count). The van der Waals surface area contributed by atoms with Crippen LogP contribution in [0.15, 0.2) is 77.4 Å². The second kappa shape index (κ2) is 10.7. The van der Waals surface area contributed by atoms with Gasteiger partial charge in [-0.25, -0.2) is 4.57 Å². The Morgan fingerprint density at radius 2 is 1.74 bits per heavy atom. The quantitative estimate of drug-likeness (QED) is 0.261. The van der Waals surface area contributed by atoms with Crippen molar-refractivity contribution in [3.8, 4) is 0 Å². The van der Waals surface area contributed by atoms with Crippen LogP contribution in [0, 0.1) is 0 Å². The number of aromatic nitrogens is 2. The molecule has 0 unspecified atom stereocenters. The number of para-hydroxylation sites is 1. The van der Waals surface area contributed by atoms with Gasteiger partial charge in [-0.2, -0.15) is 0 Å². The number of anilines is 1. The van der Waals surface area contributed by atoms with Gasteiger partial charge in [0.1, 0.15) is 0 Å². The highest BCUT2D eigenvalue weighted by atomic mass is 127. The molecule has 0 aliphatic carbocycles. The number of nitrogens with zero attached hydrogens (tertiary/aromatic N) is 4. The maximum Gasteiger partial charge on any atom is 0.370 e. The SMILES string of the molecule is CCN(CC)Cc1ccc(C2=C/C(=C\c3nc4c(ccc[n+]4C)o3)c3ccccc3N2C)cc1.[I-]. The largest absolute Gasteiger partial charge is 1.00 e. The van der Waals surface area contributed by atoms with E-state index in [0.29, 0.717) is 5.89 Å². The van der Waals surface area contributed by atoms with Crippen molar-refractivity contribution < 1.29 is 33.0 Å². The Balaban J connectivity index is 0.00000289. The molecular weight excluding hydrogens is 547 g/mol. The lowest BCUT2D eigenvalue weighted by atomic mass is 9.94. The van der Waals surface area contributed by atoms with Crippen LogP contribution >= 0.6 is 0 Å². The number of halogens is 1. The van der Waals surface area contributed by atoms with Crippen molar-refractivity contribution in [2.45, 2.75) is 20.4 Å².